The second-order valence-electron chi connectivity index (χ2n) is 5.52. The molecule has 0 aliphatic carbocycles. The van der Waals surface area contributed by atoms with E-state index in [0.717, 1.165) is 19.0 Å². The predicted octanol–water partition coefficient (Wildman–Crippen LogP) is 2.16. The van der Waals surface area contributed by atoms with E-state index in [-0.39, 0.29) is 5.97 Å². The Morgan fingerprint density at radius 3 is 2.60 bits per heavy atom. The zero-order valence-corrected chi connectivity index (χ0v) is 12.5. The number of carbonyl (C=O) groups excluding carboxylic acids is 1. The minimum atomic E-state index is -0.130. The highest BCUT2D eigenvalue weighted by Crippen LogP contribution is 2.21. The van der Waals surface area contributed by atoms with Gasteiger partial charge in [-0.3, -0.25) is 4.79 Å². The van der Waals surface area contributed by atoms with E-state index in [1.54, 1.807) is 0 Å². The lowest BCUT2D eigenvalue weighted by atomic mass is 9.99. The van der Waals surface area contributed by atoms with Crippen molar-refractivity contribution in [2.24, 2.45) is 5.92 Å². The van der Waals surface area contributed by atoms with Gasteiger partial charge < -0.3 is 9.64 Å². The van der Waals surface area contributed by atoms with Crippen LogP contribution in [0.4, 0.5) is 5.69 Å². The molecule has 0 bridgehead atoms. The fourth-order valence-corrected chi connectivity index (χ4v) is 2.53. The Labute approximate surface area is 121 Å². The molecule has 4 nitrogen and oxygen atoms in total. The molecule has 0 atom stereocenters. The van der Waals surface area contributed by atoms with E-state index in [1.807, 2.05) is 23.9 Å². The topological polar surface area (TPSA) is 33.4 Å². The Morgan fingerprint density at radius 1 is 1.35 bits per heavy atom. The van der Waals surface area contributed by atoms with Gasteiger partial charge in [-0.2, -0.15) is 0 Å². The van der Waals surface area contributed by atoms with E-state index >= 15 is 0 Å². The molecule has 4 heteroatoms. The first-order valence-corrected chi connectivity index (χ1v) is 7.58. The smallest absolute Gasteiger partial charge is 0.312 e. The Hall–Kier alpha value is -1.58. The average Bonchev–Trinajstić information content (AvgIpc) is 2.47. The molecule has 110 valence electrons. The largest absolute Gasteiger partial charge is 0.466 e. The van der Waals surface area contributed by atoms with E-state index in [0.29, 0.717) is 19.6 Å². The lowest BCUT2D eigenvalue weighted by molar-refractivity contribution is -0.695. The standard InChI is InChI=1S/C16H25N2O2/c1-3-20-16(19)8-11-17-9-6-15(7-10-17)18-12-4-14(2)5-13-18/h6-7,9-10,14H,3-5,8,11-13H2,1-2H3/q+1. The minimum Gasteiger partial charge on any atom is -0.466 e. The van der Waals surface area contributed by atoms with Crippen molar-refractivity contribution in [2.75, 3.05) is 24.6 Å². The summed E-state index contributed by atoms with van der Waals surface area (Å²) in [4.78, 5) is 13.8. The summed E-state index contributed by atoms with van der Waals surface area (Å²) in [5.41, 5.74) is 1.28. The summed E-state index contributed by atoms with van der Waals surface area (Å²) in [7, 11) is 0. The number of ether oxygens (including phenoxy) is 1. The number of hydrogen-bond donors (Lipinski definition) is 0. The van der Waals surface area contributed by atoms with Crippen molar-refractivity contribution in [1.29, 1.82) is 0 Å². The van der Waals surface area contributed by atoms with Gasteiger partial charge >= 0.3 is 5.97 Å². The fourth-order valence-electron chi connectivity index (χ4n) is 2.53. The molecular weight excluding hydrogens is 252 g/mol. The van der Waals surface area contributed by atoms with Crippen LogP contribution in [-0.4, -0.2) is 25.7 Å². The number of anilines is 1. The maximum atomic E-state index is 11.3. The second-order valence-corrected chi connectivity index (χ2v) is 5.52. The fraction of sp³-hybridized carbons (Fsp3) is 0.625. The summed E-state index contributed by atoms with van der Waals surface area (Å²) >= 11 is 0. The van der Waals surface area contributed by atoms with Gasteiger partial charge in [-0.15, -0.1) is 0 Å². The number of aromatic nitrogens is 1. The van der Waals surface area contributed by atoms with Crippen LogP contribution in [0.5, 0.6) is 0 Å². The van der Waals surface area contributed by atoms with Gasteiger partial charge in [-0.25, -0.2) is 4.57 Å². The van der Waals surface area contributed by atoms with Crippen LogP contribution in [0.3, 0.4) is 0 Å². The monoisotopic (exact) mass is 277 g/mol. The number of esters is 1. The molecule has 1 aliphatic heterocycles. The van der Waals surface area contributed by atoms with Crippen LogP contribution in [0.15, 0.2) is 24.5 Å². The lowest BCUT2D eigenvalue weighted by Gasteiger charge is -2.31. The molecule has 2 rings (SSSR count). The van der Waals surface area contributed by atoms with Crippen molar-refractivity contribution < 1.29 is 14.1 Å². The molecule has 0 radical (unpaired) electrons. The van der Waals surface area contributed by atoms with Crippen molar-refractivity contribution in [1.82, 2.24) is 0 Å². The molecule has 1 saturated heterocycles. The Bertz CT molecular complexity index is 423. The molecule has 1 aliphatic rings. The molecule has 1 aromatic heterocycles. The highest BCUT2D eigenvalue weighted by Gasteiger charge is 2.16. The van der Waals surface area contributed by atoms with Crippen LogP contribution in [0.2, 0.25) is 0 Å². The van der Waals surface area contributed by atoms with E-state index in [1.165, 1.54) is 18.5 Å². The summed E-state index contributed by atoms with van der Waals surface area (Å²) in [5, 5.41) is 0. The second kappa shape index (κ2) is 7.27. The predicted molar refractivity (Wildman–Crippen MR) is 78.5 cm³/mol. The quantitative estimate of drug-likeness (QED) is 0.611. The molecule has 0 unspecified atom stereocenters. The van der Waals surface area contributed by atoms with E-state index in [4.69, 9.17) is 4.74 Å². The molecule has 0 N–H and O–H groups in total. The zero-order valence-electron chi connectivity index (χ0n) is 12.5. The summed E-state index contributed by atoms with van der Waals surface area (Å²) in [6.45, 7) is 7.58. The van der Waals surface area contributed by atoms with Gasteiger partial charge in [0.2, 0.25) is 0 Å². The number of hydrogen-bond acceptors (Lipinski definition) is 3. The zero-order chi connectivity index (χ0) is 14.4. The Balaban J connectivity index is 1.85. The average molecular weight is 277 g/mol. The van der Waals surface area contributed by atoms with E-state index in [2.05, 4.69) is 24.0 Å². The number of carbonyl (C=O) groups is 1. The van der Waals surface area contributed by atoms with Crippen molar-refractivity contribution >= 4 is 11.7 Å². The SMILES string of the molecule is CCOC(=O)CC[n+]1ccc(N2CCC(C)CC2)cc1. The normalized spacial score (nSPS) is 16.2. The molecule has 0 saturated carbocycles. The van der Waals surface area contributed by atoms with Crippen LogP contribution >= 0.6 is 0 Å². The number of rotatable bonds is 5. The summed E-state index contributed by atoms with van der Waals surface area (Å²) in [6, 6.07) is 4.28. The van der Waals surface area contributed by atoms with Gasteiger partial charge in [0.1, 0.15) is 6.42 Å². The Morgan fingerprint density at radius 2 is 2.00 bits per heavy atom. The van der Waals surface area contributed by atoms with Gasteiger partial charge in [0, 0.05) is 30.9 Å². The molecule has 0 aromatic carbocycles. The summed E-state index contributed by atoms with van der Waals surface area (Å²) < 4.78 is 6.97. The third kappa shape index (κ3) is 4.22. The van der Waals surface area contributed by atoms with Crippen molar-refractivity contribution in [3.8, 4) is 0 Å². The van der Waals surface area contributed by atoms with Gasteiger partial charge in [-0.1, -0.05) is 6.92 Å². The van der Waals surface area contributed by atoms with Gasteiger partial charge in [0.15, 0.2) is 18.9 Å². The lowest BCUT2D eigenvalue weighted by Crippen LogP contribution is -2.36. The molecule has 2 heterocycles. The van der Waals surface area contributed by atoms with E-state index in [9.17, 15) is 4.79 Å². The van der Waals surface area contributed by atoms with Crippen LogP contribution in [0.1, 0.15) is 33.1 Å². The van der Waals surface area contributed by atoms with Crippen LogP contribution < -0.4 is 9.47 Å². The molecule has 0 spiro atoms. The van der Waals surface area contributed by atoms with Crippen molar-refractivity contribution in [2.45, 2.75) is 39.7 Å². The van der Waals surface area contributed by atoms with Crippen molar-refractivity contribution in [3.05, 3.63) is 24.5 Å². The first-order chi connectivity index (χ1) is 9.69. The maximum absolute atomic E-state index is 11.3. The van der Waals surface area contributed by atoms with Gasteiger partial charge in [0.25, 0.3) is 0 Å². The Kier molecular flexibility index (Phi) is 5.39. The molecule has 1 fully saturated rings. The van der Waals surface area contributed by atoms with Gasteiger partial charge in [0.05, 0.1) is 6.61 Å². The van der Waals surface area contributed by atoms with Gasteiger partial charge in [-0.05, 0) is 25.7 Å². The third-order valence-electron chi connectivity index (χ3n) is 3.90. The summed E-state index contributed by atoms with van der Waals surface area (Å²) in [5.74, 6) is 0.721. The first-order valence-electron chi connectivity index (χ1n) is 7.58. The highest BCUT2D eigenvalue weighted by atomic mass is 16.5. The molecule has 20 heavy (non-hydrogen) atoms. The minimum absolute atomic E-state index is 0.130. The van der Waals surface area contributed by atoms with Crippen LogP contribution in [0, 0.1) is 5.92 Å². The maximum Gasteiger partial charge on any atom is 0.312 e. The molecular formula is C16H25N2O2+. The number of nitrogens with zero attached hydrogens (tertiary/aromatic N) is 2. The first kappa shape index (κ1) is 14.8. The van der Waals surface area contributed by atoms with Crippen molar-refractivity contribution in [3.63, 3.8) is 0 Å². The van der Waals surface area contributed by atoms with Crippen LogP contribution in [0.25, 0.3) is 0 Å². The van der Waals surface area contributed by atoms with E-state index < -0.39 is 0 Å². The number of pyridine rings is 1. The molecule has 1 aromatic rings. The highest BCUT2D eigenvalue weighted by molar-refractivity contribution is 5.68. The number of piperidine rings is 1. The van der Waals surface area contributed by atoms with Crippen LogP contribution in [-0.2, 0) is 16.1 Å². The summed E-state index contributed by atoms with van der Waals surface area (Å²) in [6.07, 6.45) is 7.08. The third-order valence-corrected chi connectivity index (χ3v) is 3.90. The number of aryl methyl sites for hydroxylation is 1. The molecule has 0 amide bonds.